The molecule has 6 heteroatoms. The summed E-state index contributed by atoms with van der Waals surface area (Å²) < 4.78 is 26.4. The van der Waals surface area contributed by atoms with Crippen molar-refractivity contribution in [2.45, 2.75) is 19.4 Å². The molecule has 0 aromatic heterocycles. The Balaban J connectivity index is 2.91. The lowest BCUT2D eigenvalue weighted by Gasteiger charge is -2.15. The highest BCUT2D eigenvalue weighted by atomic mass is 19.2. The number of primary amides is 1. The van der Waals surface area contributed by atoms with Gasteiger partial charge in [0.05, 0.1) is 5.56 Å². The Hall–Kier alpha value is -2.24. The quantitative estimate of drug-likeness (QED) is 0.795. The van der Waals surface area contributed by atoms with Crippen LogP contribution in [0.3, 0.4) is 0 Å². The molecule has 0 bridgehead atoms. The predicted molar refractivity (Wildman–Crippen MR) is 66.2 cm³/mol. The molecule has 0 unspecified atom stereocenters. The van der Waals surface area contributed by atoms with Crippen LogP contribution >= 0.6 is 0 Å². The molecule has 1 aromatic rings. The van der Waals surface area contributed by atoms with Crippen LogP contribution in [0.25, 0.3) is 0 Å². The Bertz CT molecular complexity index is 529. The number of benzene rings is 1. The lowest BCUT2D eigenvalue weighted by atomic mass is 10.1. The number of nitrogens with two attached hydrogens (primary N) is 1. The highest BCUT2D eigenvalue weighted by Crippen LogP contribution is 2.12. The molecule has 102 valence electrons. The fourth-order valence-corrected chi connectivity index (χ4v) is 1.49. The average Bonchev–Trinajstić information content (AvgIpc) is 2.31. The minimum Gasteiger partial charge on any atom is -0.368 e. The third-order valence-electron chi connectivity index (χ3n) is 2.40. The predicted octanol–water partition coefficient (Wildman–Crippen LogP) is 1.51. The number of amides is 2. The Morgan fingerprint density at radius 2 is 2.05 bits per heavy atom. The van der Waals surface area contributed by atoms with Crippen LogP contribution in [0.15, 0.2) is 30.4 Å². The van der Waals surface area contributed by atoms with Crippen molar-refractivity contribution < 1.29 is 18.4 Å². The second-order valence-electron chi connectivity index (χ2n) is 4.19. The molecule has 0 spiro atoms. The molecule has 1 aromatic carbocycles. The third kappa shape index (κ3) is 3.87. The lowest BCUT2D eigenvalue weighted by Crippen LogP contribution is -2.44. The van der Waals surface area contributed by atoms with E-state index >= 15 is 0 Å². The van der Waals surface area contributed by atoms with Crippen molar-refractivity contribution in [2.24, 2.45) is 5.73 Å². The zero-order valence-corrected chi connectivity index (χ0v) is 10.4. The summed E-state index contributed by atoms with van der Waals surface area (Å²) in [6.07, 6.45) is 0.137. The van der Waals surface area contributed by atoms with Crippen molar-refractivity contribution in [1.29, 1.82) is 0 Å². The van der Waals surface area contributed by atoms with E-state index in [1.165, 1.54) is 6.07 Å². The maximum Gasteiger partial charge on any atom is 0.255 e. The smallest absolute Gasteiger partial charge is 0.255 e. The number of carbonyl (C=O) groups excluding carboxylic acids is 2. The summed E-state index contributed by atoms with van der Waals surface area (Å²) in [6, 6.07) is 2.21. The molecule has 0 aliphatic carbocycles. The Morgan fingerprint density at radius 1 is 1.42 bits per heavy atom. The molecule has 1 rings (SSSR count). The van der Waals surface area contributed by atoms with Crippen LogP contribution in [0.4, 0.5) is 8.78 Å². The molecule has 0 aliphatic heterocycles. The molecular formula is C13H14F2N2O2. The van der Waals surface area contributed by atoms with Crippen LogP contribution < -0.4 is 11.1 Å². The zero-order valence-electron chi connectivity index (χ0n) is 10.4. The van der Waals surface area contributed by atoms with Crippen LogP contribution in [0.5, 0.6) is 0 Å². The van der Waals surface area contributed by atoms with Crippen molar-refractivity contribution in [3.05, 3.63) is 47.5 Å². The summed E-state index contributed by atoms with van der Waals surface area (Å²) in [5.74, 6) is -4.07. The summed E-state index contributed by atoms with van der Waals surface area (Å²) in [5.41, 5.74) is 5.27. The molecule has 0 saturated carbocycles. The molecule has 0 saturated heterocycles. The van der Waals surface area contributed by atoms with Crippen molar-refractivity contribution >= 4 is 11.8 Å². The summed E-state index contributed by atoms with van der Waals surface area (Å²) in [7, 11) is 0. The van der Waals surface area contributed by atoms with E-state index in [0.717, 1.165) is 12.1 Å². The van der Waals surface area contributed by atoms with Gasteiger partial charge in [0.2, 0.25) is 5.91 Å². The molecule has 19 heavy (non-hydrogen) atoms. The first-order valence-corrected chi connectivity index (χ1v) is 5.51. The SMILES string of the molecule is C=C(C)C[C@H](NC(=O)c1cccc(F)c1F)C(N)=O. The van der Waals surface area contributed by atoms with E-state index in [9.17, 15) is 18.4 Å². The first kappa shape index (κ1) is 14.8. The van der Waals surface area contributed by atoms with Gasteiger partial charge >= 0.3 is 0 Å². The number of hydrogen-bond donors (Lipinski definition) is 2. The maximum absolute atomic E-state index is 13.4. The number of halogens is 2. The number of carbonyl (C=O) groups is 2. The summed E-state index contributed by atoms with van der Waals surface area (Å²) in [6.45, 7) is 5.25. The van der Waals surface area contributed by atoms with Crippen LogP contribution in [-0.2, 0) is 4.79 Å². The van der Waals surface area contributed by atoms with E-state index in [-0.39, 0.29) is 6.42 Å². The highest BCUT2D eigenvalue weighted by Gasteiger charge is 2.21. The van der Waals surface area contributed by atoms with Gasteiger partial charge in [-0.25, -0.2) is 8.78 Å². The minimum absolute atomic E-state index is 0.137. The van der Waals surface area contributed by atoms with Gasteiger partial charge in [0, 0.05) is 0 Å². The van der Waals surface area contributed by atoms with Gasteiger partial charge in [-0.1, -0.05) is 11.6 Å². The van der Waals surface area contributed by atoms with E-state index in [1.807, 2.05) is 0 Å². The minimum atomic E-state index is -1.27. The highest BCUT2D eigenvalue weighted by molar-refractivity contribution is 5.97. The van der Waals surface area contributed by atoms with Crippen LogP contribution in [0.1, 0.15) is 23.7 Å². The molecular weight excluding hydrogens is 254 g/mol. The summed E-state index contributed by atoms with van der Waals surface area (Å²) in [4.78, 5) is 22.9. The molecule has 0 aliphatic rings. The second kappa shape index (κ2) is 6.08. The van der Waals surface area contributed by atoms with E-state index in [4.69, 9.17) is 5.73 Å². The van der Waals surface area contributed by atoms with Gasteiger partial charge in [-0.3, -0.25) is 9.59 Å². The van der Waals surface area contributed by atoms with Gasteiger partial charge in [-0.15, -0.1) is 6.58 Å². The van der Waals surface area contributed by atoms with Gasteiger partial charge in [0.15, 0.2) is 11.6 Å². The Labute approximate surface area is 109 Å². The Kier molecular flexibility index (Phi) is 4.74. The molecule has 0 radical (unpaired) electrons. The molecule has 2 amide bonds. The molecule has 4 nitrogen and oxygen atoms in total. The van der Waals surface area contributed by atoms with Crippen molar-refractivity contribution in [1.82, 2.24) is 5.32 Å². The maximum atomic E-state index is 13.4. The van der Waals surface area contributed by atoms with Crippen molar-refractivity contribution in [3.8, 4) is 0 Å². The fraction of sp³-hybridized carbons (Fsp3) is 0.231. The fourth-order valence-electron chi connectivity index (χ4n) is 1.49. The van der Waals surface area contributed by atoms with Gasteiger partial charge in [0.1, 0.15) is 6.04 Å². The topological polar surface area (TPSA) is 72.2 Å². The lowest BCUT2D eigenvalue weighted by molar-refractivity contribution is -0.119. The van der Waals surface area contributed by atoms with Gasteiger partial charge in [0.25, 0.3) is 5.91 Å². The second-order valence-corrected chi connectivity index (χ2v) is 4.19. The standard InChI is InChI=1S/C13H14F2N2O2/c1-7(2)6-10(12(16)18)17-13(19)8-4-3-5-9(14)11(8)15/h3-5,10H,1,6H2,2H3,(H2,16,18)(H,17,19)/t10-/m0/s1. The normalized spacial score (nSPS) is 11.7. The van der Waals surface area contributed by atoms with Crippen molar-refractivity contribution in [2.75, 3.05) is 0 Å². The van der Waals surface area contributed by atoms with Crippen LogP contribution in [0, 0.1) is 11.6 Å². The largest absolute Gasteiger partial charge is 0.368 e. The number of rotatable bonds is 5. The van der Waals surface area contributed by atoms with Gasteiger partial charge in [-0.05, 0) is 25.5 Å². The summed E-state index contributed by atoms with van der Waals surface area (Å²) >= 11 is 0. The molecule has 0 heterocycles. The van der Waals surface area contributed by atoms with Gasteiger partial charge in [-0.2, -0.15) is 0 Å². The number of hydrogen-bond acceptors (Lipinski definition) is 2. The Morgan fingerprint density at radius 3 is 2.58 bits per heavy atom. The van der Waals surface area contributed by atoms with E-state index in [1.54, 1.807) is 6.92 Å². The molecule has 0 fully saturated rings. The monoisotopic (exact) mass is 268 g/mol. The van der Waals surface area contributed by atoms with Gasteiger partial charge < -0.3 is 11.1 Å². The van der Waals surface area contributed by atoms with E-state index < -0.39 is 35.1 Å². The third-order valence-corrected chi connectivity index (χ3v) is 2.40. The number of nitrogens with one attached hydrogen (secondary N) is 1. The van der Waals surface area contributed by atoms with Crippen molar-refractivity contribution in [3.63, 3.8) is 0 Å². The summed E-state index contributed by atoms with van der Waals surface area (Å²) in [5, 5.41) is 2.25. The average molecular weight is 268 g/mol. The first-order chi connectivity index (χ1) is 8.82. The molecule has 1 atom stereocenters. The van der Waals surface area contributed by atoms with Crippen LogP contribution in [-0.4, -0.2) is 17.9 Å². The van der Waals surface area contributed by atoms with E-state index in [2.05, 4.69) is 11.9 Å². The molecule has 3 N–H and O–H groups in total. The van der Waals surface area contributed by atoms with Crippen LogP contribution in [0.2, 0.25) is 0 Å². The first-order valence-electron chi connectivity index (χ1n) is 5.51. The van der Waals surface area contributed by atoms with E-state index in [0.29, 0.717) is 5.57 Å². The zero-order chi connectivity index (χ0) is 14.6.